The van der Waals surface area contributed by atoms with Crippen LogP contribution >= 0.6 is 0 Å². The number of nitrogens with one attached hydrogen (secondary N) is 1. The molecular weight excluding hydrogens is 355 g/mol. The molecule has 2 aromatic rings. The first kappa shape index (κ1) is 20.7. The molecule has 1 aromatic carbocycles. The van der Waals surface area contributed by atoms with Crippen LogP contribution in [0.25, 0.3) is 10.9 Å². The molecule has 1 saturated heterocycles. The molecule has 0 radical (unpaired) electrons. The van der Waals surface area contributed by atoms with Crippen molar-refractivity contribution in [3.05, 3.63) is 30.0 Å². The summed E-state index contributed by atoms with van der Waals surface area (Å²) in [5.41, 5.74) is -0.299. The molecule has 154 valence electrons. The van der Waals surface area contributed by atoms with Crippen molar-refractivity contribution >= 4 is 16.8 Å². The molecule has 0 bridgehead atoms. The van der Waals surface area contributed by atoms with Gasteiger partial charge in [0.2, 0.25) is 0 Å². The predicted octanol–water partition coefficient (Wildman–Crippen LogP) is 5.44. The van der Waals surface area contributed by atoms with Crippen molar-refractivity contribution < 1.29 is 13.9 Å². The summed E-state index contributed by atoms with van der Waals surface area (Å²) in [6.07, 6.45) is 0.682. The van der Waals surface area contributed by atoms with E-state index in [0.29, 0.717) is 18.7 Å². The van der Waals surface area contributed by atoms with Gasteiger partial charge in [-0.1, -0.05) is 33.8 Å². The average molecular weight is 389 g/mol. The van der Waals surface area contributed by atoms with Crippen LogP contribution in [0.5, 0.6) is 5.75 Å². The van der Waals surface area contributed by atoms with Crippen molar-refractivity contribution in [1.82, 2.24) is 9.88 Å². The lowest BCUT2D eigenvalue weighted by atomic mass is 9.72. The number of nitrogens with zero attached hydrogens (tertiary/aromatic N) is 1. The number of hydrogen-bond donors (Lipinski definition) is 1. The number of ether oxygens (including phenoxy) is 1. The van der Waals surface area contributed by atoms with E-state index in [4.69, 9.17) is 4.74 Å². The molecule has 1 atom stereocenters. The lowest BCUT2D eigenvalue weighted by Gasteiger charge is -2.45. The first-order valence-electron chi connectivity index (χ1n) is 10.2. The Balaban J connectivity index is 2.07. The third kappa shape index (κ3) is 3.19. The molecule has 1 amide bonds. The number of benzene rings is 1. The van der Waals surface area contributed by atoms with Crippen LogP contribution in [0.4, 0.5) is 4.39 Å². The Kier molecular flexibility index (Phi) is 5.24. The van der Waals surface area contributed by atoms with E-state index in [0.717, 1.165) is 16.7 Å². The highest BCUT2D eigenvalue weighted by Crippen LogP contribution is 2.48. The SMILES string of the molecule is COc1cccc2[nH]c(C(=O)N3CC(C(C)(C)F)CC3(C(C)C)C(C)C)cc12. The van der Waals surface area contributed by atoms with Crippen molar-refractivity contribution in [3.8, 4) is 5.75 Å². The van der Waals surface area contributed by atoms with Gasteiger partial charge in [-0.2, -0.15) is 0 Å². The second-order valence-corrected chi connectivity index (χ2v) is 9.29. The molecule has 1 aliphatic rings. The van der Waals surface area contributed by atoms with E-state index in [9.17, 15) is 9.18 Å². The van der Waals surface area contributed by atoms with Gasteiger partial charge >= 0.3 is 0 Å². The number of likely N-dealkylation sites (tertiary alicyclic amines) is 1. The smallest absolute Gasteiger partial charge is 0.270 e. The summed E-state index contributed by atoms with van der Waals surface area (Å²) in [6.45, 7) is 12.3. The lowest BCUT2D eigenvalue weighted by Crippen LogP contribution is -2.54. The van der Waals surface area contributed by atoms with Gasteiger partial charge in [-0.3, -0.25) is 4.79 Å². The van der Waals surface area contributed by atoms with Gasteiger partial charge in [0.1, 0.15) is 17.1 Å². The maximum absolute atomic E-state index is 14.9. The van der Waals surface area contributed by atoms with Crippen LogP contribution in [0.3, 0.4) is 0 Å². The molecular formula is C23H33FN2O2. The van der Waals surface area contributed by atoms with E-state index in [1.54, 1.807) is 21.0 Å². The molecule has 1 aliphatic heterocycles. The van der Waals surface area contributed by atoms with Gasteiger partial charge in [-0.15, -0.1) is 0 Å². The van der Waals surface area contributed by atoms with Gasteiger partial charge in [0.05, 0.1) is 7.11 Å². The fraction of sp³-hybridized carbons (Fsp3) is 0.609. The van der Waals surface area contributed by atoms with Crippen molar-refractivity contribution in [1.29, 1.82) is 0 Å². The van der Waals surface area contributed by atoms with E-state index >= 15 is 0 Å². The van der Waals surface area contributed by atoms with E-state index in [-0.39, 0.29) is 29.2 Å². The van der Waals surface area contributed by atoms with Crippen molar-refractivity contribution in [2.45, 2.75) is 59.2 Å². The average Bonchev–Trinajstić information content (AvgIpc) is 3.22. The van der Waals surface area contributed by atoms with Crippen LogP contribution in [-0.4, -0.2) is 40.7 Å². The summed E-state index contributed by atoms with van der Waals surface area (Å²) in [5.74, 6) is 0.939. The minimum Gasteiger partial charge on any atom is -0.496 e. The largest absolute Gasteiger partial charge is 0.496 e. The van der Waals surface area contributed by atoms with Crippen LogP contribution in [0.2, 0.25) is 0 Å². The number of hydrogen-bond acceptors (Lipinski definition) is 2. The topological polar surface area (TPSA) is 45.3 Å². The first-order valence-corrected chi connectivity index (χ1v) is 10.2. The maximum atomic E-state index is 14.9. The molecule has 1 aromatic heterocycles. The number of alkyl halides is 1. The Hall–Kier alpha value is -2.04. The van der Waals surface area contributed by atoms with Crippen LogP contribution in [0.1, 0.15) is 58.5 Å². The summed E-state index contributed by atoms with van der Waals surface area (Å²) in [5, 5.41) is 0.884. The monoisotopic (exact) mass is 388 g/mol. The Morgan fingerprint density at radius 1 is 1.29 bits per heavy atom. The van der Waals surface area contributed by atoms with E-state index in [2.05, 4.69) is 32.7 Å². The van der Waals surface area contributed by atoms with Gasteiger partial charge in [0.25, 0.3) is 5.91 Å². The second kappa shape index (κ2) is 7.09. The second-order valence-electron chi connectivity index (χ2n) is 9.29. The van der Waals surface area contributed by atoms with Gasteiger partial charge in [-0.05, 0) is 50.3 Å². The Bertz CT molecular complexity index is 855. The Morgan fingerprint density at radius 3 is 2.46 bits per heavy atom. The number of carbonyl (C=O) groups is 1. The van der Waals surface area contributed by atoms with Crippen LogP contribution in [0.15, 0.2) is 24.3 Å². The minimum atomic E-state index is -1.33. The summed E-state index contributed by atoms with van der Waals surface area (Å²) in [4.78, 5) is 18.8. The molecule has 4 nitrogen and oxygen atoms in total. The highest BCUT2D eigenvalue weighted by Gasteiger charge is 2.55. The molecule has 1 fully saturated rings. The molecule has 1 unspecified atom stereocenters. The standard InChI is InChI=1S/C23H33FN2O2/c1-14(2)23(15(3)4)12-16(22(5,6)24)13-26(23)21(27)19-11-17-18(25-19)9-8-10-20(17)28-7/h8-11,14-16,25H,12-13H2,1-7H3. The minimum absolute atomic E-state index is 0.0626. The van der Waals surface area contributed by atoms with Crippen LogP contribution in [0, 0.1) is 17.8 Å². The molecule has 0 saturated carbocycles. The molecule has 2 heterocycles. The molecule has 1 N–H and O–H groups in total. The zero-order chi connectivity index (χ0) is 20.9. The number of H-pyrrole nitrogens is 1. The van der Waals surface area contributed by atoms with Crippen LogP contribution < -0.4 is 4.74 Å². The Labute approximate surface area is 167 Å². The number of halogens is 1. The molecule has 5 heteroatoms. The number of aromatic amines is 1. The zero-order valence-electron chi connectivity index (χ0n) is 18.1. The number of amides is 1. The highest BCUT2D eigenvalue weighted by molar-refractivity contribution is 6.00. The summed E-state index contributed by atoms with van der Waals surface area (Å²) >= 11 is 0. The molecule has 0 spiro atoms. The van der Waals surface area contributed by atoms with E-state index in [1.807, 2.05) is 29.2 Å². The maximum Gasteiger partial charge on any atom is 0.270 e. The van der Waals surface area contributed by atoms with Gasteiger partial charge < -0.3 is 14.6 Å². The molecule has 28 heavy (non-hydrogen) atoms. The van der Waals surface area contributed by atoms with Crippen LogP contribution in [-0.2, 0) is 0 Å². The zero-order valence-corrected chi connectivity index (χ0v) is 18.1. The quantitative estimate of drug-likeness (QED) is 0.741. The lowest BCUT2D eigenvalue weighted by molar-refractivity contribution is 0.0290. The fourth-order valence-electron chi connectivity index (χ4n) is 5.02. The predicted molar refractivity (Wildman–Crippen MR) is 112 cm³/mol. The number of aromatic nitrogens is 1. The Morgan fingerprint density at radius 2 is 1.93 bits per heavy atom. The third-order valence-electron chi connectivity index (χ3n) is 6.77. The van der Waals surface area contributed by atoms with Gasteiger partial charge in [0, 0.05) is 28.9 Å². The summed E-state index contributed by atoms with van der Waals surface area (Å²) < 4.78 is 20.3. The summed E-state index contributed by atoms with van der Waals surface area (Å²) in [7, 11) is 1.63. The van der Waals surface area contributed by atoms with Crippen molar-refractivity contribution in [2.24, 2.45) is 17.8 Å². The fourth-order valence-corrected chi connectivity index (χ4v) is 5.02. The molecule has 0 aliphatic carbocycles. The third-order valence-corrected chi connectivity index (χ3v) is 6.77. The normalized spacial score (nSPS) is 19.8. The van der Waals surface area contributed by atoms with Crippen molar-refractivity contribution in [2.75, 3.05) is 13.7 Å². The van der Waals surface area contributed by atoms with Gasteiger partial charge in [0.15, 0.2) is 0 Å². The molecule has 3 rings (SSSR count). The van der Waals surface area contributed by atoms with Crippen molar-refractivity contribution in [3.63, 3.8) is 0 Å². The van der Waals surface area contributed by atoms with Gasteiger partial charge in [-0.25, -0.2) is 4.39 Å². The number of rotatable bonds is 5. The first-order chi connectivity index (χ1) is 13.0. The summed E-state index contributed by atoms with van der Waals surface area (Å²) in [6, 6.07) is 7.57. The van der Waals surface area contributed by atoms with E-state index < -0.39 is 5.67 Å². The number of methoxy groups -OCH3 is 1. The number of fused-ring (bicyclic) bond motifs is 1. The van der Waals surface area contributed by atoms with E-state index in [1.165, 1.54) is 0 Å². The number of carbonyl (C=O) groups excluding carboxylic acids is 1. The highest BCUT2D eigenvalue weighted by atomic mass is 19.1.